The highest BCUT2D eigenvalue weighted by Gasteiger charge is 2.39. The van der Waals surface area contributed by atoms with Crippen LogP contribution in [0.3, 0.4) is 0 Å². The van der Waals surface area contributed by atoms with Crippen molar-refractivity contribution in [2.24, 2.45) is 0 Å². The summed E-state index contributed by atoms with van der Waals surface area (Å²) < 4.78 is 5.85. The third-order valence-corrected chi connectivity index (χ3v) is 3.48. The fourth-order valence-corrected chi connectivity index (χ4v) is 2.31. The second-order valence-electron chi connectivity index (χ2n) is 4.03. The van der Waals surface area contributed by atoms with Gasteiger partial charge in [0.05, 0.1) is 5.92 Å². The Hall–Kier alpha value is -0.980. The van der Waals surface area contributed by atoms with Gasteiger partial charge in [-0.05, 0) is 17.7 Å². The molecule has 1 saturated heterocycles. The molecule has 1 aliphatic heterocycles. The molecule has 1 aromatic rings. The lowest BCUT2D eigenvalue weighted by Crippen LogP contribution is -2.40. The Morgan fingerprint density at radius 2 is 2.06 bits per heavy atom. The molecule has 3 atom stereocenters. The van der Waals surface area contributed by atoms with E-state index in [-0.39, 0.29) is 23.9 Å². The van der Waals surface area contributed by atoms with Gasteiger partial charge >= 0.3 is 0 Å². The molecule has 0 bridgehead atoms. The molecule has 17 heavy (non-hydrogen) atoms. The second-order valence-corrected chi connectivity index (χ2v) is 4.95. The molecule has 0 spiro atoms. The number of nitro groups is 1. The van der Waals surface area contributed by atoms with E-state index in [4.69, 9.17) is 4.74 Å². The zero-order valence-electron chi connectivity index (χ0n) is 8.95. The van der Waals surface area contributed by atoms with E-state index in [1.54, 1.807) is 0 Å². The maximum Gasteiger partial charge on any atom is 0.243 e. The van der Waals surface area contributed by atoms with Gasteiger partial charge in [0.25, 0.3) is 0 Å². The Kier molecular flexibility index (Phi) is 3.76. The quantitative estimate of drug-likeness (QED) is 0.669. The molecule has 92 valence electrons. The normalized spacial score (nSPS) is 28.9. The molecule has 0 saturated carbocycles. The zero-order chi connectivity index (χ0) is 12.4. The summed E-state index contributed by atoms with van der Waals surface area (Å²) in [6.45, 7) is -0.0467. The number of aliphatic hydroxyl groups excluding tert-OH is 1. The molecule has 1 aromatic carbocycles. The summed E-state index contributed by atoms with van der Waals surface area (Å²) in [5, 5.41) is 20.4. The molecule has 1 N–H and O–H groups in total. The van der Waals surface area contributed by atoms with E-state index >= 15 is 0 Å². The van der Waals surface area contributed by atoms with E-state index in [2.05, 4.69) is 15.9 Å². The predicted octanol–water partition coefficient (Wildman–Crippen LogP) is 1.92. The lowest BCUT2D eigenvalue weighted by molar-refractivity contribution is -0.538. The van der Waals surface area contributed by atoms with Crippen molar-refractivity contribution in [2.75, 3.05) is 6.61 Å². The maximum absolute atomic E-state index is 10.9. The molecule has 5 nitrogen and oxygen atoms in total. The highest BCUT2D eigenvalue weighted by molar-refractivity contribution is 9.10. The number of hydrogen-bond acceptors (Lipinski definition) is 4. The van der Waals surface area contributed by atoms with Crippen molar-refractivity contribution in [1.29, 1.82) is 0 Å². The highest BCUT2D eigenvalue weighted by Crippen LogP contribution is 2.31. The van der Waals surface area contributed by atoms with Crippen molar-refractivity contribution < 1.29 is 14.8 Å². The minimum atomic E-state index is -0.917. The topological polar surface area (TPSA) is 72.6 Å². The van der Waals surface area contributed by atoms with Crippen molar-refractivity contribution >= 4 is 15.9 Å². The Morgan fingerprint density at radius 1 is 1.41 bits per heavy atom. The molecule has 0 aliphatic carbocycles. The maximum atomic E-state index is 10.9. The second kappa shape index (κ2) is 5.12. The van der Waals surface area contributed by atoms with Crippen LogP contribution in [0.25, 0.3) is 0 Å². The minimum absolute atomic E-state index is 0.0467. The van der Waals surface area contributed by atoms with E-state index in [0.29, 0.717) is 0 Å². The lowest BCUT2D eigenvalue weighted by atomic mass is 9.87. The number of rotatable bonds is 2. The summed E-state index contributed by atoms with van der Waals surface area (Å²) >= 11 is 3.32. The monoisotopic (exact) mass is 301 g/mol. The van der Waals surface area contributed by atoms with Gasteiger partial charge in [0.1, 0.15) is 6.61 Å². The van der Waals surface area contributed by atoms with Crippen molar-refractivity contribution in [3.8, 4) is 0 Å². The average molecular weight is 302 g/mol. The van der Waals surface area contributed by atoms with Crippen LogP contribution in [0, 0.1) is 10.1 Å². The van der Waals surface area contributed by atoms with E-state index < -0.39 is 12.3 Å². The first kappa shape index (κ1) is 12.5. The smallest absolute Gasteiger partial charge is 0.243 e. The van der Waals surface area contributed by atoms with Crippen LogP contribution in [0.2, 0.25) is 0 Å². The van der Waals surface area contributed by atoms with E-state index in [0.717, 1.165) is 10.0 Å². The van der Waals surface area contributed by atoms with Gasteiger partial charge in [-0.3, -0.25) is 10.1 Å². The van der Waals surface area contributed by atoms with E-state index in [1.807, 2.05) is 24.3 Å². The van der Waals surface area contributed by atoms with Gasteiger partial charge in [0, 0.05) is 15.8 Å². The third-order valence-electron chi connectivity index (χ3n) is 2.95. The first-order valence-electron chi connectivity index (χ1n) is 5.26. The molecule has 0 aromatic heterocycles. The molecule has 0 radical (unpaired) electrons. The van der Waals surface area contributed by atoms with Crippen LogP contribution in [-0.4, -0.2) is 29.0 Å². The summed E-state index contributed by atoms with van der Waals surface area (Å²) in [5.41, 5.74) is 0.859. The van der Waals surface area contributed by atoms with Gasteiger partial charge < -0.3 is 9.84 Å². The van der Waals surface area contributed by atoms with Gasteiger partial charge in [0.2, 0.25) is 6.04 Å². The Bertz CT molecular complexity index is 408. The molecule has 1 unspecified atom stereocenters. The van der Waals surface area contributed by atoms with Crippen molar-refractivity contribution in [2.45, 2.75) is 24.7 Å². The summed E-state index contributed by atoms with van der Waals surface area (Å²) in [5.74, 6) is -0.304. The van der Waals surface area contributed by atoms with Crippen LogP contribution in [0.5, 0.6) is 0 Å². The van der Waals surface area contributed by atoms with Gasteiger partial charge in [-0.2, -0.15) is 0 Å². The Balaban J connectivity index is 2.25. The van der Waals surface area contributed by atoms with E-state index in [9.17, 15) is 15.2 Å². The number of nitrogens with zero attached hydrogens (tertiary/aromatic N) is 1. The SMILES string of the molecule is O=[N+]([O-])[C@H]1COC(O)C[C@@H]1c1ccc(Br)cc1. The van der Waals surface area contributed by atoms with Crippen LogP contribution in [0.1, 0.15) is 17.9 Å². The molecule has 2 rings (SSSR count). The molecule has 1 aliphatic rings. The van der Waals surface area contributed by atoms with Crippen molar-refractivity contribution in [3.05, 3.63) is 44.4 Å². The average Bonchev–Trinajstić information content (AvgIpc) is 2.29. The van der Waals surface area contributed by atoms with Crippen LogP contribution in [0.4, 0.5) is 0 Å². The summed E-state index contributed by atoms with van der Waals surface area (Å²) in [7, 11) is 0. The van der Waals surface area contributed by atoms with Gasteiger partial charge in [-0.1, -0.05) is 28.1 Å². The van der Waals surface area contributed by atoms with Crippen LogP contribution in [0.15, 0.2) is 28.7 Å². The van der Waals surface area contributed by atoms with Crippen LogP contribution >= 0.6 is 15.9 Å². The molecule has 1 fully saturated rings. The molecule has 6 heteroatoms. The predicted molar refractivity (Wildman–Crippen MR) is 64.2 cm³/mol. The molecular formula is C11H12BrNO4. The Morgan fingerprint density at radius 3 is 2.65 bits per heavy atom. The zero-order valence-corrected chi connectivity index (χ0v) is 10.5. The molecule has 1 heterocycles. The van der Waals surface area contributed by atoms with Crippen molar-refractivity contribution in [3.63, 3.8) is 0 Å². The number of benzene rings is 1. The van der Waals surface area contributed by atoms with Crippen molar-refractivity contribution in [1.82, 2.24) is 0 Å². The van der Waals surface area contributed by atoms with E-state index in [1.165, 1.54) is 0 Å². The van der Waals surface area contributed by atoms with Gasteiger partial charge in [0.15, 0.2) is 6.29 Å². The third kappa shape index (κ3) is 2.83. The Labute approximate surface area is 107 Å². The number of aliphatic hydroxyl groups is 1. The van der Waals surface area contributed by atoms with Crippen LogP contribution < -0.4 is 0 Å². The molecular weight excluding hydrogens is 290 g/mol. The fraction of sp³-hybridized carbons (Fsp3) is 0.455. The largest absolute Gasteiger partial charge is 0.368 e. The standard InChI is InChI=1S/C11H12BrNO4/c12-8-3-1-7(2-4-8)9-5-11(14)17-6-10(9)13(15)16/h1-4,9-11,14H,5-6H2/t9-,10+,11?/m1/s1. The first-order valence-corrected chi connectivity index (χ1v) is 6.06. The number of hydrogen-bond donors (Lipinski definition) is 1. The van der Waals surface area contributed by atoms with Gasteiger partial charge in [-0.15, -0.1) is 0 Å². The highest BCUT2D eigenvalue weighted by atomic mass is 79.9. The lowest BCUT2D eigenvalue weighted by Gasteiger charge is -2.29. The number of ether oxygens (including phenoxy) is 1. The number of halogens is 1. The molecule has 0 amide bonds. The first-order chi connectivity index (χ1) is 8.08. The summed E-state index contributed by atoms with van der Waals surface area (Å²) in [6.07, 6.45) is -0.660. The summed E-state index contributed by atoms with van der Waals surface area (Å²) in [6, 6.07) is 6.56. The van der Waals surface area contributed by atoms with Gasteiger partial charge in [-0.25, -0.2) is 0 Å². The minimum Gasteiger partial charge on any atom is -0.368 e. The summed E-state index contributed by atoms with van der Waals surface area (Å²) in [4.78, 5) is 10.6. The van der Waals surface area contributed by atoms with Crippen LogP contribution in [-0.2, 0) is 4.74 Å². The fourth-order valence-electron chi connectivity index (χ4n) is 2.04.